The average molecular weight is 199 g/mol. The van der Waals surface area contributed by atoms with Crippen LogP contribution in [0.1, 0.15) is 5.56 Å². The van der Waals surface area contributed by atoms with Gasteiger partial charge in [-0.15, -0.1) is 0 Å². The van der Waals surface area contributed by atoms with Crippen LogP contribution in [0.15, 0.2) is 36.0 Å². The van der Waals surface area contributed by atoms with Gasteiger partial charge in [0.05, 0.1) is 17.6 Å². The molecule has 0 saturated carbocycles. The summed E-state index contributed by atoms with van der Waals surface area (Å²) in [5.41, 5.74) is 2.55. The summed E-state index contributed by atoms with van der Waals surface area (Å²) in [6.45, 7) is 0.454. The van der Waals surface area contributed by atoms with Crippen molar-refractivity contribution in [2.75, 3.05) is 0 Å². The highest BCUT2D eigenvalue weighted by Crippen LogP contribution is 2.27. The molecule has 1 aliphatic rings. The fourth-order valence-electron chi connectivity index (χ4n) is 2.09. The molecule has 0 fully saturated rings. The second-order valence-corrected chi connectivity index (χ2v) is 3.70. The van der Waals surface area contributed by atoms with Crippen molar-refractivity contribution in [2.24, 2.45) is 0 Å². The van der Waals surface area contributed by atoms with E-state index in [2.05, 4.69) is 0 Å². The summed E-state index contributed by atoms with van der Waals surface area (Å²) >= 11 is 0. The first-order chi connectivity index (χ1) is 7.25. The molecule has 2 heterocycles. The molecule has 1 aliphatic heterocycles. The number of rotatable bonds is 1. The number of hydrogen-bond donors (Lipinski definition) is 1. The van der Waals surface area contributed by atoms with E-state index in [4.69, 9.17) is 5.11 Å². The Morgan fingerprint density at radius 3 is 3.00 bits per heavy atom. The first kappa shape index (κ1) is 8.29. The standard InChI is InChI=1S/C12H9NO2/c14-12(15)10-6-9-3-1-2-8-4-5-13(7-10)11(8)9/h1-6H,7H2,(H,14,15). The van der Waals surface area contributed by atoms with Crippen LogP contribution in [-0.2, 0) is 11.3 Å². The van der Waals surface area contributed by atoms with Crippen LogP contribution in [0, 0.1) is 0 Å². The molecule has 2 aromatic rings. The number of hydrogen-bond acceptors (Lipinski definition) is 1. The number of para-hydroxylation sites is 1. The molecule has 3 heteroatoms. The van der Waals surface area contributed by atoms with Gasteiger partial charge >= 0.3 is 5.97 Å². The van der Waals surface area contributed by atoms with Crippen LogP contribution in [0.25, 0.3) is 17.0 Å². The zero-order valence-electron chi connectivity index (χ0n) is 7.97. The van der Waals surface area contributed by atoms with E-state index in [-0.39, 0.29) is 0 Å². The van der Waals surface area contributed by atoms with Crippen molar-refractivity contribution >= 4 is 22.9 Å². The molecule has 0 aliphatic carbocycles. The quantitative estimate of drug-likeness (QED) is 0.764. The van der Waals surface area contributed by atoms with Gasteiger partial charge in [-0.3, -0.25) is 0 Å². The Kier molecular flexibility index (Phi) is 1.51. The highest BCUT2D eigenvalue weighted by molar-refractivity contribution is 5.98. The van der Waals surface area contributed by atoms with Crippen LogP contribution >= 0.6 is 0 Å². The topological polar surface area (TPSA) is 42.2 Å². The number of aromatic nitrogens is 1. The molecule has 0 amide bonds. The lowest BCUT2D eigenvalue weighted by atomic mass is 10.0. The van der Waals surface area contributed by atoms with Crippen molar-refractivity contribution in [2.45, 2.75) is 6.54 Å². The molecular formula is C12H9NO2. The lowest BCUT2D eigenvalue weighted by molar-refractivity contribution is -0.132. The summed E-state index contributed by atoms with van der Waals surface area (Å²) in [5.74, 6) is -0.841. The Labute approximate surface area is 86.3 Å². The van der Waals surface area contributed by atoms with Gasteiger partial charge < -0.3 is 9.67 Å². The van der Waals surface area contributed by atoms with Gasteiger partial charge in [-0.2, -0.15) is 0 Å². The van der Waals surface area contributed by atoms with Gasteiger partial charge in [-0.05, 0) is 17.7 Å². The molecule has 0 saturated heterocycles. The zero-order valence-corrected chi connectivity index (χ0v) is 7.97. The van der Waals surface area contributed by atoms with Gasteiger partial charge in [0, 0.05) is 11.6 Å². The van der Waals surface area contributed by atoms with E-state index in [9.17, 15) is 4.79 Å². The minimum absolute atomic E-state index is 0.436. The Balaban J connectivity index is 2.33. The summed E-state index contributed by atoms with van der Waals surface area (Å²) in [7, 11) is 0. The molecule has 1 aromatic carbocycles. The summed E-state index contributed by atoms with van der Waals surface area (Å²) < 4.78 is 1.98. The number of nitrogens with zero attached hydrogens (tertiary/aromatic N) is 1. The van der Waals surface area contributed by atoms with Crippen molar-refractivity contribution in [1.82, 2.24) is 4.57 Å². The van der Waals surface area contributed by atoms with Crippen LogP contribution < -0.4 is 0 Å². The Morgan fingerprint density at radius 1 is 1.33 bits per heavy atom. The minimum atomic E-state index is -0.841. The second kappa shape index (κ2) is 2.73. The van der Waals surface area contributed by atoms with Crippen LogP contribution in [0.3, 0.4) is 0 Å². The van der Waals surface area contributed by atoms with Gasteiger partial charge in [0.15, 0.2) is 0 Å². The van der Waals surface area contributed by atoms with Crippen molar-refractivity contribution in [1.29, 1.82) is 0 Å². The SMILES string of the molecule is O=C(O)C1=Cc2cccc3ccn(c23)C1. The Morgan fingerprint density at radius 2 is 2.20 bits per heavy atom. The van der Waals surface area contributed by atoms with E-state index in [0.717, 1.165) is 16.5 Å². The number of aliphatic carboxylic acids is 1. The minimum Gasteiger partial charge on any atom is -0.478 e. The monoisotopic (exact) mass is 199 g/mol. The Bertz CT molecular complexity index is 593. The summed E-state index contributed by atoms with van der Waals surface area (Å²) in [6.07, 6.45) is 3.69. The molecule has 0 bridgehead atoms. The van der Waals surface area contributed by atoms with Gasteiger partial charge in [0.25, 0.3) is 0 Å². The number of carboxylic acids is 1. The number of benzene rings is 1. The smallest absolute Gasteiger partial charge is 0.333 e. The maximum Gasteiger partial charge on any atom is 0.333 e. The third-order valence-corrected chi connectivity index (χ3v) is 2.76. The highest BCUT2D eigenvalue weighted by Gasteiger charge is 2.16. The van der Waals surface area contributed by atoms with Crippen molar-refractivity contribution in [3.8, 4) is 0 Å². The molecule has 0 spiro atoms. The first-order valence-corrected chi connectivity index (χ1v) is 4.77. The molecule has 15 heavy (non-hydrogen) atoms. The summed E-state index contributed by atoms with van der Waals surface area (Å²) in [6, 6.07) is 7.94. The van der Waals surface area contributed by atoms with Crippen molar-refractivity contribution in [3.05, 3.63) is 41.6 Å². The van der Waals surface area contributed by atoms with Crippen LogP contribution in [0.2, 0.25) is 0 Å². The van der Waals surface area contributed by atoms with E-state index >= 15 is 0 Å². The van der Waals surface area contributed by atoms with Gasteiger partial charge in [-0.25, -0.2) is 4.79 Å². The van der Waals surface area contributed by atoms with Gasteiger partial charge in [-0.1, -0.05) is 18.2 Å². The third-order valence-electron chi connectivity index (χ3n) is 2.76. The molecule has 74 valence electrons. The maximum absolute atomic E-state index is 10.9. The predicted molar refractivity (Wildman–Crippen MR) is 57.6 cm³/mol. The average Bonchev–Trinajstić information content (AvgIpc) is 2.64. The van der Waals surface area contributed by atoms with E-state index in [1.165, 1.54) is 0 Å². The second-order valence-electron chi connectivity index (χ2n) is 3.70. The lowest BCUT2D eigenvalue weighted by Crippen LogP contribution is -2.12. The molecule has 3 rings (SSSR count). The molecule has 0 atom stereocenters. The molecule has 0 unspecified atom stereocenters. The molecular weight excluding hydrogens is 190 g/mol. The van der Waals surface area contributed by atoms with Crippen LogP contribution in [0.5, 0.6) is 0 Å². The predicted octanol–water partition coefficient (Wildman–Crippen LogP) is 2.12. The molecule has 1 aromatic heterocycles. The number of carboxylic acid groups (broad SMARTS) is 1. The molecule has 1 N–H and O–H groups in total. The maximum atomic E-state index is 10.9. The fraction of sp³-hybridized carbons (Fsp3) is 0.0833. The molecule has 3 nitrogen and oxygen atoms in total. The van der Waals surface area contributed by atoms with Crippen molar-refractivity contribution < 1.29 is 9.90 Å². The highest BCUT2D eigenvalue weighted by atomic mass is 16.4. The van der Waals surface area contributed by atoms with E-state index in [1.54, 1.807) is 6.08 Å². The van der Waals surface area contributed by atoms with Crippen LogP contribution in [0.4, 0.5) is 0 Å². The summed E-state index contributed by atoms with van der Waals surface area (Å²) in [5, 5.41) is 10.1. The lowest BCUT2D eigenvalue weighted by Gasteiger charge is -2.14. The van der Waals surface area contributed by atoms with Gasteiger partial charge in [0.1, 0.15) is 0 Å². The van der Waals surface area contributed by atoms with E-state index in [1.807, 2.05) is 35.0 Å². The Hall–Kier alpha value is -2.03. The normalized spacial score (nSPS) is 14.0. The van der Waals surface area contributed by atoms with E-state index in [0.29, 0.717) is 12.1 Å². The van der Waals surface area contributed by atoms with Crippen LogP contribution in [-0.4, -0.2) is 15.6 Å². The molecule has 0 radical (unpaired) electrons. The van der Waals surface area contributed by atoms with Crippen molar-refractivity contribution in [3.63, 3.8) is 0 Å². The first-order valence-electron chi connectivity index (χ1n) is 4.77. The third kappa shape index (κ3) is 1.09. The van der Waals surface area contributed by atoms with Gasteiger partial charge in [0.2, 0.25) is 0 Å². The zero-order chi connectivity index (χ0) is 10.4. The number of carbonyl (C=O) groups is 1. The van der Waals surface area contributed by atoms with E-state index < -0.39 is 5.97 Å². The largest absolute Gasteiger partial charge is 0.478 e. The summed E-state index contributed by atoms with van der Waals surface area (Å²) in [4.78, 5) is 10.9. The fourth-order valence-corrected chi connectivity index (χ4v) is 2.09.